The van der Waals surface area contributed by atoms with Gasteiger partial charge in [0.05, 0.1) is 18.7 Å². The fraction of sp³-hybridized carbons (Fsp3) is 0.407. The molecule has 35 heavy (non-hydrogen) atoms. The summed E-state index contributed by atoms with van der Waals surface area (Å²) in [6.45, 7) is 1.58. The first-order chi connectivity index (χ1) is 17.2. The predicted octanol–water partition coefficient (Wildman–Crippen LogP) is 4.18. The summed E-state index contributed by atoms with van der Waals surface area (Å²) >= 11 is 0. The summed E-state index contributed by atoms with van der Waals surface area (Å²) in [6, 6.07) is 16.3. The molecule has 0 spiro atoms. The van der Waals surface area contributed by atoms with Crippen LogP contribution in [0.25, 0.3) is 10.9 Å². The van der Waals surface area contributed by atoms with Crippen molar-refractivity contribution in [1.29, 1.82) is 0 Å². The molecule has 2 aromatic carbocycles. The Hall–Kier alpha value is -3.52. The summed E-state index contributed by atoms with van der Waals surface area (Å²) in [5.41, 5.74) is 3.98. The molecule has 0 bridgehead atoms. The van der Waals surface area contributed by atoms with Crippen LogP contribution in [0.4, 0.5) is 0 Å². The highest BCUT2D eigenvalue weighted by atomic mass is 16.5. The Labute approximate surface area is 203 Å². The van der Waals surface area contributed by atoms with Crippen molar-refractivity contribution in [3.05, 3.63) is 81.4 Å². The van der Waals surface area contributed by atoms with E-state index in [-0.39, 0.29) is 17.6 Å². The number of ether oxygens (including phenoxy) is 1. The summed E-state index contributed by atoms with van der Waals surface area (Å²) < 4.78 is 7.35. The van der Waals surface area contributed by atoms with Crippen LogP contribution in [0.5, 0.6) is 5.75 Å². The van der Waals surface area contributed by atoms with Crippen LogP contribution >= 0.6 is 0 Å². The van der Waals surface area contributed by atoms with Crippen LogP contribution in [-0.4, -0.2) is 43.7 Å². The molecule has 1 atom stereocenters. The predicted molar refractivity (Wildman–Crippen MR) is 133 cm³/mol. The zero-order valence-electron chi connectivity index (χ0n) is 20.0. The Morgan fingerprint density at radius 3 is 2.71 bits per heavy atom. The summed E-state index contributed by atoms with van der Waals surface area (Å²) in [5.74, 6) is 1.47. The van der Waals surface area contributed by atoms with E-state index in [0.29, 0.717) is 11.3 Å². The van der Waals surface area contributed by atoms with E-state index in [1.807, 2.05) is 28.9 Å². The molecule has 1 N–H and O–H groups in total. The number of rotatable bonds is 5. The second kappa shape index (κ2) is 9.26. The molecule has 0 unspecified atom stereocenters. The Morgan fingerprint density at radius 2 is 1.89 bits per heavy atom. The van der Waals surface area contributed by atoms with Crippen LogP contribution in [0.3, 0.4) is 0 Å². The van der Waals surface area contributed by atoms with Gasteiger partial charge in [0.25, 0.3) is 5.56 Å². The number of pyridine rings is 1. The van der Waals surface area contributed by atoms with Gasteiger partial charge in [-0.05, 0) is 64.4 Å². The average Bonchev–Trinajstić information content (AvgIpc) is 3.39. The fourth-order valence-corrected chi connectivity index (χ4v) is 5.73. The molecule has 1 aliphatic carbocycles. The largest absolute Gasteiger partial charge is 0.497 e. The number of aromatic nitrogens is 5. The lowest BCUT2D eigenvalue weighted by molar-refractivity contribution is 0.187. The summed E-state index contributed by atoms with van der Waals surface area (Å²) in [4.78, 5) is 19.0. The first-order valence-electron chi connectivity index (χ1n) is 12.5. The van der Waals surface area contributed by atoms with Crippen LogP contribution in [0.1, 0.15) is 66.7 Å². The lowest BCUT2D eigenvalue weighted by atomic mass is 9.94. The van der Waals surface area contributed by atoms with Gasteiger partial charge in [-0.15, -0.1) is 5.10 Å². The maximum atomic E-state index is 13.5. The van der Waals surface area contributed by atoms with Crippen molar-refractivity contribution in [2.24, 2.45) is 0 Å². The Balaban J connectivity index is 1.48. The maximum absolute atomic E-state index is 13.5. The van der Waals surface area contributed by atoms with E-state index in [4.69, 9.17) is 4.74 Å². The first kappa shape index (κ1) is 22.0. The Kier molecular flexibility index (Phi) is 5.82. The molecule has 0 radical (unpaired) electrons. The monoisotopic (exact) mass is 470 g/mol. The molecule has 2 aliphatic rings. The van der Waals surface area contributed by atoms with Crippen molar-refractivity contribution >= 4 is 10.9 Å². The van der Waals surface area contributed by atoms with Gasteiger partial charge in [-0.25, -0.2) is 4.68 Å². The number of aromatic amines is 1. The normalized spacial score (nSPS) is 17.9. The minimum absolute atomic E-state index is 0.118. The van der Waals surface area contributed by atoms with Crippen LogP contribution in [-0.2, 0) is 13.0 Å². The highest BCUT2D eigenvalue weighted by Gasteiger charge is 2.34. The van der Waals surface area contributed by atoms with Gasteiger partial charge in [-0.2, -0.15) is 0 Å². The molecule has 3 heterocycles. The number of hydrogen-bond acceptors (Lipinski definition) is 6. The molecule has 6 rings (SSSR count). The summed E-state index contributed by atoms with van der Waals surface area (Å²) in [7, 11) is 1.63. The smallest absolute Gasteiger partial charge is 0.253 e. The highest BCUT2D eigenvalue weighted by Crippen LogP contribution is 2.35. The molecule has 8 heteroatoms. The van der Waals surface area contributed by atoms with Gasteiger partial charge in [0.2, 0.25) is 0 Å². The number of nitrogens with one attached hydrogen (secondary N) is 1. The molecule has 0 amide bonds. The summed E-state index contributed by atoms with van der Waals surface area (Å²) in [6.07, 6.45) is 6.70. The SMILES string of the molecule is COc1ccc2cc([C@H](c3nnnn3C3CCCCC3)N3CCc4ccccc4C3)c(=O)[nH]c2c1. The highest BCUT2D eigenvalue weighted by molar-refractivity contribution is 5.80. The zero-order valence-corrected chi connectivity index (χ0v) is 20.0. The van der Waals surface area contributed by atoms with E-state index in [2.05, 4.69) is 49.7 Å². The Bertz CT molecular complexity index is 1400. The minimum atomic E-state index is -0.337. The van der Waals surface area contributed by atoms with E-state index in [9.17, 15) is 4.79 Å². The van der Waals surface area contributed by atoms with Crippen LogP contribution in [0.2, 0.25) is 0 Å². The van der Waals surface area contributed by atoms with Crippen molar-refractivity contribution in [3.8, 4) is 5.75 Å². The Morgan fingerprint density at radius 1 is 1.06 bits per heavy atom. The van der Waals surface area contributed by atoms with E-state index in [0.717, 1.165) is 49.1 Å². The van der Waals surface area contributed by atoms with Crippen molar-refractivity contribution < 1.29 is 4.74 Å². The summed E-state index contributed by atoms with van der Waals surface area (Å²) in [5, 5.41) is 14.0. The zero-order chi connectivity index (χ0) is 23.8. The van der Waals surface area contributed by atoms with E-state index in [1.165, 1.54) is 30.4 Å². The second-order valence-corrected chi connectivity index (χ2v) is 9.67. The third kappa shape index (κ3) is 4.12. The molecular formula is C27H30N6O2. The molecular weight excluding hydrogens is 440 g/mol. The van der Waals surface area contributed by atoms with Gasteiger partial charge in [-0.1, -0.05) is 43.5 Å². The van der Waals surface area contributed by atoms with E-state index < -0.39 is 0 Å². The second-order valence-electron chi connectivity index (χ2n) is 9.67. The van der Waals surface area contributed by atoms with Crippen LogP contribution in [0, 0.1) is 0 Å². The molecule has 4 aromatic rings. The molecule has 1 saturated carbocycles. The number of hydrogen-bond donors (Lipinski definition) is 1. The lowest BCUT2D eigenvalue weighted by Crippen LogP contribution is -2.39. The standard InChI is InChI=1S/C27H30N6O2/c1-35-22-12-11-19-15-23(27(34)28-24(19)16-22)25(32-14-13-18-7-5-6-8-20(18)17-32)26-29-30-31-33(26)21-9-3-2-4-10-21/h5-8,11-12,15-16,21,25H,2-4,9-10,13-14,17H2,1H3,(H,28,34)/t25-/m1/s1. The molecule has 2 aromatic heterocycles. The number of nitrogens with zero attached hydrogens (tertiary/aromatic N) is 5. The molecule has 0 saturated heterocycles. The molecule has 180 valence electrons. The topological polar surface area (TPSA) is 88.9 Å². The van der Waals surface area contributed by atoms with Crippen molar-refractivity contribution in [2.75, 3.05) is 13.7 Å². The van der Waals surface area contributed by atoms with Crippen molar-refractivity contribution in [2.45, 2.75) is 57.2 Å². The van der Waals surface area contributed by atoms with Gasteiger partial charge in [0.15, 0.2) is 5.82 Å². The average molecular weight is 471 g/mol. The van der Waals surface area contributed by atoms with Gasteiger partial charge < -0.3 is 9.72 Å². The third-order valence-electron chi connectivity index (χ3n) is 7.59. The van der Waals surface area contributed by atoms with E-state index in [1.54, 1.807) is 7.11 Å². The van der Waals surface area contributed by atoms with Gasteiger partial charge in [0, 0.05) is 24.7 Å². The van der Waals surface area contributed by atoms with Gasteiger partial charge >= 0.3 is 0 Å². The molecule has 1 fully saturated rings. The fourth-order valence-electron chi connectivity index (χ4n) is 5.73. The molecule has 8 nitrogen and oxygen atoms in total. The number of benzene rings is 2. The quantitative estimate of drug-likeness (QED) is 0.471. The van der Waals surface area contributed by atoms with Crippen LogP contribution in [0.15, 0.2) is 53.3 Å². The van der Waals surface area contributed by atoms with Gasteiger partial charge in [-0.3, -0.25) is 9.69 Å². The molecule has 1 aliphatic heterocycles. The minimum Gasteiger partial charge on any atom is -0.497 e. The first-order valence-corrected chi connectivity index (χ1v) is 12.5. The van der Waals surface area contributed by atoms with E-state index >= 15 is 0 Å². The number of tetrazole rings is 1. The van der Waals surface area contributed by atoms with Crippen LogP contribution < -0.4 is 10.3 Å². The number of fused-ring (bicyclic) bond motifs is 2. The lowest BCUT2D eigenvalue weighted by Gasteiger charge is -2.35. The number of H-pyrrole nitrogens is 1. The third-order valence-corrected chi connectivity index (χ3v) is 7.59. The number of methoxy groups -OCH3 is 1. The van der Waals surface area contributed by atoms with Crippen molar-refractivity contribution in [3.63, 3.8) is 0 Å². The van der Waals surface area contributed by atoms with Gasteiger partial charge in [0.1, 0.15) is 11.8 Å². The van der Waals surface area contributed by atoms with Crippen molar-refractivity contribution in [1.82, 2.24) is 30.1 Å². The maximum Gasteiger partial charge on any atom is 0.253 e.